The summed E-state index contributed by atoms with van der Waals surface area (Å²) in [6.45, 7) is 5.80. The van der Waals surface area contributed by atoms with Crippen molar-refractivity contribution >= 4 is 17.6 Å². The zero-order chi connectivity index (χ0) is 17.9. The van der Waals surface area contributed by atoms with Gasteiger partial charge < -0.3 is 14.7 Å². The van der Waals surface area contributed by atoms with Crippen molar-refractivity contribution in [3.05, 3.63) is 54.4 Å². The number of nitrogens with zero attached hydrogens (tertiary/aromatic N) is 1. The summed E-state index contributed by atoms with van der Waals surface area (Å²) >= 11 is 0. The number of ether oxygens (including phenoxy) is 1. The molecule has 3 heterocycles. The first kappa shape index (κ1) is 16.0. The molecule has 0 aromatic heterocycles. The number of hydrogen-bond acceptors (Lipinski definition) is 3. The van der Waals surface area contributed by atoms with E-state index in [1.54, 1.807) is 11.0 Å². The molecule has 0 saturated carbocycles. The minimum atomic E-state index is -1.04. The molecule has 2 saturated heterocycles. The highest BCUT2D eigenvalue weighted by Crippen LogP contribution is 2.56. The van der Waals surface area contributed by atoms with Crippen molar-refractivity contribution in [3.63, 3.8) is 0 Å². The van der Waals surface area contributed by atoms with Crippen LogP contribution in [0.25, 0.3) is 0 Å². The van der Waals surface area contributed by atoms with Crippen LogP contribution in [0.5, 0.6) is 0 Å². The lowest BCUT2D eigenvalue weighted by Gasteiger charge is -2.33. The highest BCUT2D eigenvalue weighted by Gasteiger charge is 2.71. The largest absolute Gasteiger partial charge is 0.481 e. The number of rotatable bonds is 4. The van der Waals surface area contributed by atoms with Crippen molar-refractivity contribution in [1.29, 1.82) is 0 Å². The average molecular weight is 343 g/mol. The summed E-state index contributed by atoms with van der Waals surface area (Å²) in [4.78, 5) is 26.5. The van der Waals surface area contributed by atoms with Crippen molar-refractivity contribution in [2.24, 2.45) is 11.8 Å². The fourth-order valence-electron chi connectivity index (χ4n) is 4.42. The highest BCUT2D eigenvalue weighted by molar-refractivity contribution is 6.03. The number of aliphatic carboxylic acids is 1. The molecule has 25 heavy (non-hydrogen) atoms. The molecule has 1 unspecified atom stereocenters. The summed E-state index contributed by atoms with van der Waals surface area (Å²) in [5.41, 5.74) is 0.420. The smallest absolute Gasteiger partial charge is 0.310 e. The van der Waals surface area contributed by atoms with Crippen molar-refractivity contribution in [2.45, 2.75) is 31.1 Å². The lowest BCUT2D eigenvalue weighted by Crippen LogP contribution is -2.45. The Morgan fingerprint density at radius 3 is 2.68 bits per heavy atom. The van der Waals surface area contributed by atoms with Crippen LogP contribution in [0.2, 0.25) is 0 Å². The van der Waals surface area contributed by atoms with Gasteiger partial charge in [0.05, 0.1) is 18.1 Å². The van der Waals surface area contributed by atoms with Gasteiger partial charge in [-0.1, -0.05) is 17.7 Å². The van der Waals surface area contributed by atoms with Crippen molar-refractivity contribution < 1.29 is 23.8 Å². The molecule has 2 bridgehead atoms. The lowest BCUT2D eigenvalue weighted by molar-refractivity contribution is -0.146. The molecule has 0 aliphatic carbocycles. The van der Waals surface area contributed by atoms with Gasteiger partial charge in [0.25, 0.3) is 0 Å². The number of carbonyl (C=O) groups is 2. The molecule has 1 aromatic carbocycles. The van der Waals surface area contributed by atoms with Crippen molar-refractivity contribution in [3.8, 4) is 0 Å². The summed E-state index contributed by atoms with van der Waals surface area (Å²) in [7, 11) is 0. The number of carboxylic acids is 1. The Hall–Kier alpha value is -2.47. The Kier molecular flexibility index (Phi) is 3.37. The maximum atomic E-state index is 13.3. The van der Waals surface area contributed by atoms with Crippen LogP contribution in [-0.4, -0.2) is 34.7 Å². The van der Waals surface area contributed by atoms with E-state index in [1.807, 2.05) is 13.0 Å². The first-order valence-electron chi connectivity index (χ1n) is 8.18. The molecule has 1 spiro atoms. The van der Waals surface area contributed by atoms with E-state index in [-0.39, 0.29) is 5.91 Å². The SMILES string of the molecule is C=C(C)CC1N(c2ccc(F)cc2)C(=O)[C@@H]2[C@H](C(=O)O)[C@H]3C=C[C@@]12O3. The van der Waals surface area contributed by atoms with Gasteiger partial charge in [-0.15, -0.1) is 6.58 Å². The molecule has 1 aromatic rings. The third-order valence-corrected chi connectivity index (χ3v) is 5.35. The quantitative estimate of drug-likeness (QED) is 0.853. The van der Waals surface area contributed by atoms with Gasteiger partial charge in [0.2, 0.25) is 5.91 Å². The van der Waals surface area contributed by atoms with E-state index < -0.39 is 41.4 Å². The molecule has 3 aliphatic heterocycles. The van der Waals surface area contributed by atoms with Crippen molar-refractivity contribution in [2.75, 3.05) is 4.90 Å². The van der Waals surface area contributed by atoms with Gasteiger partial charge in [-0.05, 0) is 37.6 Å². The molecule has 5 nitrogen and oxygen atoms in total. The molecule has 0 radical (unpaired) electrons. The summed E-state index contributed by atoms with van der Waals surface area (Å²) in [5.74, 6) is -3.42. The topological polar surface area (TPSA) is 66.8 Å². The van der Waals surface area contributed by atoms with E-state index in [9.17, 15) is 19.1 Å². The Morgan fingerprint density at radius 1 is 1.40 bits per heavy atom. The first-order valence-corrected chi connectivity index (χ1v) is 8.18. The van der Waals surface area contributed by atoms with Crippen LogP contribution in [0.3, 0.4) is 0 Å². The number of halogens is 1. The molecule has 1 N–H and O–H groups in total. The fraction of sp³-hybridized carbons (Fsp3) is 0.368. The molecular formula is C19H18FNO4. The minimum absolute atomic E-state index is 0.294. The number of hydrogen-bond donors (Lipinski definition) is 1. The molecule has 6 heteroatoms. The van der Waals surface area contributed by atoms with E-state index in [2.05, 4.69) is 6.58 Å². The third-order valence-electron chi connectivity index (χ3n) is 5.35. The van der Waals surface area contributed by atoms with Crippen LogP contribution in [-0.2, 0) is 14.3 Å². The lowest BCUT2D eigenvalue weighted by atomic mass is 9.74. The Morgan fingerprint density at radius 2 is 2.08 bits per heavy atom. The van der Waals surface area contributed by atoms with Gasteiger partial charge >= 0.3 is 5.97 Å². The number of benzene rings is 1. The number of carboxylic acid groups (broad SMARTS) is 1. The molecule has 130 valence electrons. The Balaban J connectivity index is 1.84. The summed E-state index contributed by atoms with van der Waals surface area (Å²) < 4.78 is 19.3. The average Bonchev–Trinajstić information content (AvgIpc) is 3.18. The van der Waals surface area contributed by atoms with Gasteiger partial charge in [-0.3, -0.25) is 9.59 Å². The monoisotopic (exact) mass is 343 g/mol. The van der Waals surface area contributed by atoms with Gasteiger partial charge in [-0.25, -0.2) is 4.39 Å². The number of amides is 1. The molecular weight excluding hydrogens is 325 g/mol. The van der Waals surface area contributed by atoms with E-state index in [1.165, 1.54) is 24.3 Å². The zero-order valence-corrected chi connectivity index (χ0v) is 13.7. The summed E-state index contributed by atoms with van der Waals surface area (Å²) in [6.07, 6.45) is 3.46. The molecule has 2 fully saturated rings. The number of anilines is 1. The third kappa shape index (κ3) is 2.10. The van der Waals surface area contributed by atoms with Crippen LogP contribution in [0.1, 0.15) is 13.3 Å². The second-order valence-corrected chi connectivity index (χ2v) is 7.00. The zero-order valence-electron chi connectivity index (χ0n) is 13.7. The summed E-state index contributed by atoms with van der Waals surface area (Å²) in [5, 5.41) is 9.61. The number of carbonyl (C=O) groups excluding carboxylic acids is 1. The fourth-order valence-corrected chi connectivity index (χ4v) is 4.42. The van der Waals surface area contributed by atoms with Gasteiger partial charge in [0.1, 0.15) is 17.3 Å². The number of fused-ring (bicyclic) bond motifs is 1. The van der Waals surface area contributed by atoms with Crippen LogP contribution in [0, 0.1) is 17.7 Å². The normalized spacial score (nSPS) is 35.3. The van der Waals surface area contributed by atoms with Gasteiger partial charge in [0.15, 0.2) is 0 Å². The highest BCUT2D eigenvalue weighted by atomic mass is 19.1. The second kappa shape index (κ2) is 5.26. The molecule has 1 amide bonds. The Bertz CT molecular complexity index is 802. The predicted molar refractivity (Wildman–Crippen MR) is 88.5 cm³/mol. The van der Waals surface area contributed by atoms with E-state index in [4.69, 9.17) is 4.74 Å². The standard InChI is InChI=1S/C19H18FNO4/c1-10(2)9-14-19-8-7-13(25-19)15(18(23)24)16(19)17(22)21(14)12-5-3-11(20)4-6-12/h3-8,13-16H,1,9H2,2H3,(H,23,24)/t13-,14?,15-,16+,19-/m1/s1. The van der Waals surface area contributed by atoms with E-state index in [0.29, 0.717) is 12.1 Å². The van der Waals surface area contributed by atoms with Crippen LogP contribution in [0.15, 0.2) is 48.6 Å². The van der Waals surface area contributed by atoms with Crippen molar-refractivity contribution in [1.82, 2.24) is 0 Å². The van der Waals surface area contributed by atoms with Crippen LogP contribution >= 0.6 is 0 Å². The van der Waals surface area contributed by atoms with Crippen LogP contribution < -0.4 is 4.90 Å². The van der Waals surface area contributed by atoms with Gasteiger partial charge in [0, 0.05) is 5.69 Å². The minimum Gasteiger partial charge on any atom is -0.481 e. The molecule has 5 atom stereocenters. The van der Waals surface area contributed by atoms with E-state index in [0.717, 1.165) is 5.57 Å². The summed E-state index contributed by atoms with van der Waals surface area (Å²) in [6, 6.07) is 5.23. The maximum absolute atomic E-state index is 13.3. The van der Waals surface area contributed by atoms with Crippen LogP contribution in [0.4, 0.5) is 10.1 Å². The molecule has 3 aliphatic rings. The van der Waals surface area contributed by atoms with E-state index >= 15 is 0 Å². The molecule has 4 rings (SSSR count). The van der Waals surface area contributed by atoms with Gasteiger partial charge in [-0.2, -0.15) is 0 Å². The second-order valence-electron chi connectivity index (χ2n) is 7.00. The Labute approximate surface area is 144 Å². The maximum Gasteiger partial charge on any atom is 0.310 e. The first-order chi connectivity index (χ1) is 11.8. The predicted octanol–water partition coefficient (Wildman–Crippen LogP) is 2.53.